The van der Waals surface area contributed by atoms with Crippen molar-refractivity contribution in [3.8, 4) is 5.75 Å². The number of likely N-dealkylation sites (tertiary alicyclic amines) is 1. The highest BCUT2D eigenvalue weighted by molar-refractivity contribution is 7.89. The molecule has 0 N–H and O–H groups in total. The molecule has 10 heteroatoms. The van der Waals surface area contributed by atoms with E-state index in [-0.39, 0.29) is 43.1 Å². The molecule has 0 spiro atoms. The van der Waals surface area contributed by atoms with Gasteiger partial charge in [-0.25, -0.2) is 8.42 Å². The second kappa shape index (κ2) is 15.3. The van der Waals surface area contributed by atoms with Crippen molar-refractivity contribution < 1.29 is 22.7 Å². The second-order valence-corrected chi connectivity index (χ2v) is 15.0. The van der Waals surface area contributed by atoms with Crippen LogP contribution in [0.5, 0.6) is 5.75 Å². The number of ether oxygens (including phenoxy) is 2. The van der Waals surface area contributed by atoms with E-state index in [0.29, 0.717) is 23.4 Å². The van der Waals surface area contributed by atoms with Gasteiger partial charge in [-0.1, -0.05) is 60.7 Å². The summed E-state index contributed by atoms with van der Waals surface area (Å²) in [6.45, 7) is 10.2. The van der Waals surface area contributed by atoms with Gasteiger partial charge in [-0.15, -0.1) is 0 Å². The Morgan fingerprint density at radius 2 is 1.57 bits per heavy atom. The van der Waals surface area contributed by atoms with Crippen LogP contribution in [0, 0.1) is 20.8 Å². The summed E-state index contributed by atoms with van der Waals surface area (Å²) in [5.74, 6) is 0.546. The number of aromatic nitrogens is 1. The summed E-state index contributed by atoms with van der Waals surface area (Å²) in [6, 6.07) is 25.6. The highest BCUT2D eigenvalue weighted by Crippen LogP contribution is 2.35. The number of amides is 1. The minimum absolute atomic E-state index is 0.0746. The average molecular weight is 685 g/mol. The van der Waals surface area contributed by atoms with Gasteiger partial charge in [0.05, 0.1) is 24.7 Å². The van der Waals surface area contributed by atoms with Gasteiger partial charge in [0.1, 0.15) is 12.4 Å². The summed E-state index contributed by atoms with van der Waals surface area (Å²) in [4.78, 5) is 18.6. The first-order valence-electron chi connectivity index (χ1n) is 17.2. The summed E-state index contributed by atoms with van der Waals surface area (Å²) in [6.07, 6.45) is 2.50. The van der Waals surface area contributed by atoms with Gasteiger partial charge in [-0.3, -0.25) is 9.69 Å². The zero-order chi connectivity index (χ0) is 34.5. The summed E-state index contributed by atoms with van der Waals surface area (Å²) >= 11 is 0. The van der Waals surface area contributed by atoms with E-state index in [0.717, 1.165) is 48.6 Å². The summed E-state index contributed by atoms with van der Waals surface area (Å²) in [7, 11) is -2.33. The molecule has 49 heavy (non-hydrogen) atoms. The van der Waals surface area contributed by atoms with E-state index < -0.39 is 10.0 Å². The molecule has 1 atom stereocenters. The molecule has 0 bridgehead atoms. The van der Waals surface area contributed by atoms with Gasteiger partial charge in [0.2, 0.25) is 15.9 Å². The van der Waals surface area contributed by atoms with Crippen molar-refractivity contribution in [3.63, 3.8) is 0 Å². The predicted octanol–water partition coefficient (Wildman–Crippen LogP) is 5.86. The molecular weight excluding hydrogens is 637 g/mol. The van der Waals surface area contributed by atoms with Crippen molar-refractivity contribution in [1.29, 1.82) is 0 Å². The molecule has 2 aliphatic rings. The van der Waals surface area contributed by atoms with Crippen molar-refractivity contribution in [2.75, 3.05) is 46.5 Å². The number of aryl methyl sites for hydroxylation is 1. The number of benzene rings is 3. The Morgan fingerprint density at radius 3 is 2.27 bits per heavy atom. The Morgan fingerprint density at radius 1 is 0.878 bits per heavy atom. The molecule has 6 rings (SSSR count). The van der Waals surface area contributed by atoms with Crippen molar-refractivity contribution in [3.05, 3.63) is 118 Å². The number of carbonyl (C=O) groups is 1. The Hall–Kier alpha value is -3.96. The molecule has 0 aliphatic carbocycles. The van der Waals surface area contributed by atoms with Gasteiger partial charge in [0.25, 0.3) is 0 Å². The summed E-state index contributed by atoms with van der Waals surface area (Å²) < 4.78 is 43.9. The van der Waals surface area contributed by atoms with Crippen molar-refractivity contribution in [2.24, 2.45) is 0 Å². The number of hydrogen-bond acceptors (Lipinski definition) is 6. The van der Waals surface area contributed by atoms with Crippen LogP contribution in [0.3, 0.4) is 0 Å². The van der Waals surface area contributed by atoms with E-state index in [9.17, 15) is 13.2 Å². The third-order valence-corrected chi connectivity index (χ3v) is 12.1. The standard InChI is InChI=1S/C39H48N4O5S/c1-29-25-36(47-4)30(2)31(3)39(29)49(45,46)41(26-32-13-7-5-8-14-32)23-24-48-28-37(44)43-22-21-42-34(27-40-19-11-12-20-40)17-18-35(42)38(43)33-15-9-6-10-16-33/h5-10,13-18,25,38H,11-12,19-24,26-28H2,1-4H3. The third-order valence-electron chi connectivity index (χ3n) is 9.99. The van der Waals surface area contributed by atoms with Gasteiger partial charge in [-0.2, -0.15) is 4.31 Å². The molecule has 1 unspecified atom stereocenters. The van der Waals surface area contributed by atoms with E-state index in [2.05, 4.69) is 33.7 Å². The first-order chi connectivity index (χ1) is 23.7. The van der Waals surface area contributed by atoms with E-state index in [4.69, 9.17) is 9.47 Å². The molecular formula is C39H48N4O5S. The van der Waals surface area contributed by atoms with Gasteiger partial charge >= 0.3 is 0 Å². The molecule has 4 aromatic rings. The van der Waals surface area contributed by atoms with Crippen LogP contribution < -0.4 is 4.74 Å². The number of carbonyl (C=O) groups excluding carboxylic acids is 1. The van der Waals surface area contributed by atoms with E-state index in [1.54, 1.807) is 20.1 Å². The SMILES string of the molecule is COc1cc(C)c(S(=O)(=O)N(CCOCC(=O)N2CCn3c(CN4CCCC4)ccc3C2c2ccccc2)Cc2ccccc2)c(C)c1C. The lowest BCUT2D eigenvalue weighted by Gasteiger charge is -2.38. The molecule has 1 amide bonds. The third kappa shape index (κ3) is 7.48. The molecule has 2 aliphatic heterocycles. The van der Waals surface area contributed by atoms with Gasteiger partial charge < -0.3 is 18.9 Å². The normalized spacial score (nSPS) is 16.7. The molecule has 1 aromatic heterocycles. The molecule has 3 heterocycles. The summed E-state index contributed by atoms with van der Waals surface area (Å²) in [5.41, 5.74) is 6.41. The lowest BCUT2D eigenvalue weighted by Crippen LogP contribution is -2.44. The average Bonchev–Trinajstić information content (AvgIpc) is 3.78. The van der Waals surface area contributed by atoms with Crippen molar-refractivity contribution in [1.82, 2.24) is 18.7 Å². The Balaban J connectivity index is 1.18. The molecule has 1 saturated heterocycles. The van der Waals surface area contributed by atoms with E-state index >= 15 is 0 Å². The van der Waals surface area contributed by atoms with Crippen LogP contribution in [0.2, 0.25) is 0 Å². The monoisotopic (exact) mass is 684 g/mol. The number of methoxy groups -OCH3 is 1. The highest BCUT2D eigenvalue weighted by atomic mass is 32.2. The molecule has 260 valence electrons. The largest absolute Gasteiger partial charge is 0.496 e. The fraction of sp³-hybridized carbons (Fsp3) is 0.410. The van der Waals surface area contributed by atoms with E-state index in [1.165, 1.54) is 22.8 Å². The number of fused-ring (bicyclic) bond motifs is 1. The molecule has 9 nitrogen and oxygen atoms in total. The quantitative estimate of drug-likeness (QED) is 0.164. The number of rotatable bonds is 13. The van der Waals surface area contributed by atoms with Gasteiger partial charge in [-0.05, 0) is 92.7 Å². The Bertz CT molecular complexity index is 1850. The zero-order valence-corrected chi connectivity index (χ0v) is 29.9. The fourth-order valence-electron chi connectivity index (χ4n) is 7.34. The smallest absolute Gasteiger partial charge is 0.249 e. The van der Waals surface area contributed by atoms with Crippen LogP contribution in [0.25, 0.3) is 0 Å². The van der Waals surface area contributed by atoms with Crippen LogP contribution in [-0.4, -0.2) is 79.5 Å². The molecule has 1 fully saturated rings. The molecule has 0 radical (unpaired) electrons. The minimum Gasteiger partial charge on any atom is -0.496 e. The predicted molar refractivity (Wildman–Crippen MR) is 191 cm³/mol. The van der Waals surface area contributed by atoms with Crippen LogP contribution >= 0.6 is 0 Å². The minimum atomic E-state index is -3.92. The maximum atomic E-state index is 14.3. The lowest BCUT2D eigenvalue weighted by atomic mass is 10.00. The molecule has 0 saturated carbocycles. The van der Waals surface area contributed by atoms with Crippen LogP contribution in [0.15, 0.2) is 83.8 Å². The number of nitrogens with zero attached hydrogens (tertiary/aromatic N) is 4. The number of hydrogen-bond donors (Lipinski definition) is 0. The van der Waals surface area contributed by atoms with Gasteiger partial charge in [0, 0.05) is 44.1 Å². The lowest BCUT2D eigenvalue weighted by molar-refractivity contribution is -0.139. The van der Waals surface area contributed by atoms with Gasteiger partial charge in [0.15, 0.2) is 0 Å². The first-order valence-corrected chi connectivity index (χ1v) is 18.6. The zero-order valence-electron chi connectivity index (χ0n) is 29.1. The maximum absolute atomic E-state index is 14.3. The Kier molecular flexibility index (Phi) is 10.9. The summed E-state index contributed by atoms with van der Waals surface area (Å²) in [5, 5.41) is 0. The fourth-order valence-corrected chi connectivity index (χ4v) is 9.24. The first kappa shape index (κ1) is 34.9. The topological polar surface area (TPSA) is 84.3 Å². The van der Waals surface area contributed by atoms with Crippen LogP contribution in [0.1, 0.15) is 58.1 Å². The van der Waals surface area contributed by atoms with Crippen LogP contribution in [0.4, 0.5) is 0 Å². The highest BCUT2D eigenvalue weighted by Gasteiger charge is 2.34. The maximum Gasteiger partial charge on any atom is 0.249 e. The van der Waals surface area contributed by atoms with Crippen molar-refractivity contribution >= 4 is 15.9 Å². The van der Waals surface area contributed by atoms with E-state index in [1.807, 2.05) is 67.3 Å². The second-order valence-electron chi connectivity index (χ2n) is 13.1. The van der Waals surface area contributed by atoms with Crippen molar-refractivity contribution in [2.45, 2.75) is 64.2 Å². The van der Waals surface area contributed by atoms with Crippen LogP contribution in [-0.2, 0) is 39.2 Å². The Labute approximate surface area is 291 Å². The number of sulfonamides is 1. The molecule has 3 aromatic carbocycles.